The minimum atomic E-state index is -1.11. The van der Waals surface area contributed by atoms with Gasteiger partial charge in [-0.2, -0.15) is 0 Å². The molecule has 0 fully saturated rings. The summed E-state index contributed by atoms with van der Waals surface area (Å²) in [7, 11) is 7.75. The van der Waals surface area contributed by atoms with Crippen LogP contribution in [-0.2, 0) is 28.4 Å². The molecular weight excluding hydrogens is 736 g/mol. The van der Waals surface area contributed by atoms with E-state index >= 15 is 0 Å². The third-order valence-electron chi connectivity index (χ3n) is 8.44. The van der Waals surface area contributed by atoms with E-state index in [0.717, 1.165) is 22.0 Å². The van der Waals surface area contributed by atoms with Gasteiger partial charge in [0.25, 0.3) is 5.91 Å². The van der Waals surface area contributed by atoms with Gasteiger partial charge in [-0.3, -0.25) is 4.79 Å². The van der Waals surface area contributed by atoms with Crippen molar-refractivity contribution in [1.82, 2.24) is 15.2 Å². The smallest absolute Gasteiger partial charge is 0.407 e. The molecule has 0 unspecified atom stereocenters. The number of nitrogens with one attached hydrogen (secondary N) is 2. The van der Waals surface area contributed by atoms with Gasteiger partial charge in [-0.1, -0.05) is 0 Å². The predicted octanol–water partition coefficient (Wildman–Crippen LogP) is 4.34. The van der Waals surface area contributed by atoms with Crippen LogP contribution in [0.15, 0.2) is 59.0 Å². The van der Waals surface area contributed by atoms with Crippen LogP contribution in [0, 0.1) is 0 Å². The number of anilines is 1. The maximum Gasteiger partial charge on any atom is 0.407 e. The number of amides is 2. The molecule has 15 nitrogen and oxygen atoms in total. The first-order chi connectivity index (χ1) is 27.2. The summed E-state index contributed by atoms with van der Waals surface area (Å²) in [5.74, 6) is -0.869. The van der Waals surface area contributed by atoms with E-state index in [1.807, 2.05) is 74.1 Å². The molecule has 1 aliphatic heterocycles. The van der Waals surface area contributed by atoms with Gasteiger partial charge in [0, 0.05) is 67.1 Å². The van der Waals surface area contributed by atoms with Gasteiger partial charge in [-0.25, -0.2) is 14.2 Å². The van der Waals surface area contributed by atoms with Crippen LogP contribution < -0.4 is 25.5 Å². The van der Waals surface area contributed by atoms with Crippen molar-refractivity contribution in [3.8, 4) is 22.5 Å². The first-order valence-corrected chi connectivity index (χ1v) is 18.9. The Morgan fingerprint density at radius 2 is 1.30 bits per heavy atom. The van der Waals surface area contributed by atoms with Gasteiger partial charge < -0.3 is 53.5 Å². The molecule has 0 aromatic heterocycles. The maximum atomic E-state index is 13.3. The SMILES string of the molecule is CN(C)c1ccc2c(-c3cc(C(=O)NCCOCCOCCOCCOCCOCCNC(=O)OC(C)(C)C)ccc3C(=O)O)c3ccc(=[N+](C)C)cc-3oc2c1. The molecule has 2 aromatic carbocycles. The highest BCUT2D eigenvalue weighted by Gasteiger charge is 2.24. The average molecular weight is 794 g/mol. The van der Waals surface area contributed by atoms with Gasteiger partial charge in [-0.05, 0) is 62.7 Å². The van der Waals surface area contributed by atoms with Crippen molar-refractivity contribution in [1.29, 1.82) is 0 Å². The van der Waals surface area contributed by atoms with Crippen molar-refractivity contribution in [3.05, 3.63) is 71.1 Å². The van der Waals surface area contributed by atoms with E-state index in [1.54, 1.807) is 26.8 Å². The molecule has 15 heteroatoms. The Hall–Kier alpha value is -5.06. The van der Waals surface area contributed by atoms with E-state index < -0.39 is 17.7 Å². The number of hydrogen-bond donors (Lipinski definition) is 3. The molecule has 0 saturated carbocycles. The van der Waals surface area contributed by atoms with Gasteiger partial charge in [0.1, 0.15) is 31.0 Å². The monoisotopic (exact) mass is 793 g/mol. The number of fused-ring (bicyclic) bond motifs is 2. The predicted molar refractivity (Wildman–Crippen MR) is 217 cm³/mol. The van der Waals surface area contributed by atoms with Crippen molar-refractivity contribution >= 4 is 34.6 Å². The molecule has 1 aliphatic carbocycles. The molecule has 3 N–H and O–H groups in total. The minimum absolute atomic E-state index is 0.0700. The molecule has 0 radical (unpaired) electrons. The topological polar surface area (TPSA) is 170 Å². The molecule has 2 aliphatic rings. The lowest BCUT2D eigenvalue weighted by molar-refractivity contribution is -0.0107. The first-order valence-electron chi connectivity index (χ1n) is 18.9. The van der Waals surface area contributed by atoms with E-state index in [1.165, 1.54) is 12.1 Å². The highest BCUT2D eigenvalue weighted by molar-refractivity contribution is 6.09. The molecule has 0 bridgehead atoms. The van der Waals surface area contributed by atoms with Gasteiger partial charge >= 0.3 is 12.1 Å². The lowest BCUT2D eigenvalue weighted by Crippen LogP contribution is -2.34. The Balaban J connectivity index is 1.18. The Morgan fingerprint density at radius 3 is 1.84 bits per heavy atom. The van der Waals surface area contributed by atoms with E-state index in [4.69, 9.17) is 32.8 Å². The number of aromatic carboxylic acids is 1. The number of carboxylic acids is 1. The number of hydrogen-bond acceptors (Lipinski definition) is 11. The fourth-order valence-electron chi connectivity index (χ4n) is 5.65. The van der Waals surface area contributed by atoms with Crippen LogP contribution >= 0.6 is 0 Å². The van der Waals surface area contributed by atoms with Crippen molar-refractivity contribution in [3.63, 3.8) is 0 Å². The van der Waals surface area contributed by atoms with Crippen LogP contribution in [0.4, 0.5) is 10.5 Å². The highest BCUT2D eigenvalue weighted by Crippen LogP contribution is 2.42. The molecule has 1 heterocycles. The number of carbonyl (C=O) groups is 3. The summed E-state index contributed by atoms with van der Waals surface area (Å²) in [4.78, 5) is 39.4. The lowest BCUT2D eigenvalue weighted by Gasteiger charge is -2.19. The minimum Gasteiger partial charge on any atom is -0.478 e. The third kappa shape index (κ3) is 14.1. The maximum absolute atomic E-state index is 13.3. The molecule has 2 aromatic rings. The third-order valence-corrected chi connectivity index (χ3v) is 8.44. The van der Waals surface area contributed by atoms with Gasteiger partial charge in [-0.15, -0.1) is 0 Å². The summed E-state index contributed by atoms with van der Waals surface area (Å²) in [6.07, 6.45) is -0.472. The summed E-state index contributed by atoms with van der Waals surface area (Å²) in [5, 5.41) is 17.4. The molecule has 0 spiro atoms. The van der Waals surface area contributed by atoms with E-state index in [-0.39, 0.29) is 24.6 Å². The lowest BCUT2D eigenvalue weighted by atomic mass is 9.89. The fraction of sp³-hybridized carbons (Fsp3) is 0.476. The zero-order chi connectivity index (χ0) is 41.4. The van der Waals surface area contributed by atoms with E-state index in [0.29, 0.717) is 94.0 Å². The number of carboxylic acid groups (broad SMARTS) is 1. The van der Waals surface area contributed by atoms with Crippen LogP contribution in [0.25, 0.3) is 33.4 Å². The summed E-state index contributed by atoms with van der Waals surface area (Å²) < 4.78 is 41.1. The van der Waals surface area contributed by atoms with Gasteiger partial charge in [0.15, 0.2) is 0 Å². The summed E-state index contributed by atoms with van der Waals surface area (Å²) in [6.45, 7) is 9.83. The summed E-state index contributed by atoms with van der Waals surface area (Å²) >= 11 is 0. The average Bonchev–Trinajstić information content (AvgIpc) is 3.16. The molecule has 4 rings (SSSR count). The van der Waals surface area contributed by atoms with Crippen molar-refractivity contribution in [2.24, 2.45) is 0 Å². The molecular formula is C42H57N4O11+. The molecule has 0 atom stereocenters. The highest BCUT2D eigenvalue weighted by atomic mass is 16.6. The van der Waals surface area contributed by atoms with E-state index in [9.17, 15) is 19.5 Å². The first kappa shape index (κ1) is 44.7. The second-order valence-electron chi connectivity index (χ2n) is 14.4. The largest absolute Gasteiger partial charge is 0.478 e. The van der Waals surface area contributed by atoms with Crippen LogP contribution in [0.3, 0.4) is 0 Å². The number of carbonyl (C=O) groups excluding carboxylic acids is 2. The number of benzene rings is 3. The molecule has 2 amide bonds. The van der Waals surface area contributed by atoms with Crippen LogP contribution in [-0.4, -0.2) is 136 Å². The van der Waals surface area contributed by atoms with Crippen LogP contribution in [0.1, 0.15) is 41.5 Å². The van der Waals surface area contributed by atoms with Crippen molar-refractivity contribution in [2.75, 3.05) is 112 Å². The molecule has 310 valence electrons. The zero-order valence-electron chi connectivity index (χ0n) is 34.1. The Labute approximate surface area is 333 Å². The molecule has 0 saturated heterocycles. The van der Waals surface area contributed by atoms with Gasteiger partial charge in [0.05, 0.1) is 77.7 Å². The van der Waals surface area contributed by atoms with Crippen molar-refractivity contribution in [2.45, 2.75) is 26.4 Å². The quantitative estimate of drug-likeness (QED) is 0.0586. The Bertz CT molecular complexity index is 1980. The number of nitrogens with zero attached hydrogens (tertiary/aromatic N) is 2. The second kappa shape index (κ2) is 22.0. The number of alkyl carbamates (subject to hydrolysis) is 1. The van der Waals surface area contributed by atoms with Crippen LogP contribution in [0.5, 0.6) is 0 Å². The van der Waals surface area contributed by atoms with E-state index in [2.05, 4.69) is 10.6 Å². The zero-order valence-corrected chi connectivity index (χ0v) is 34.1. The normalized spacial score (nSPS) is 11.5. The standard InChI is InChI=1S/C42H56N4O11/c1-42(2,3)57-41(50)44-15-17-52-19-21-54-23-25-55-24-22-53-20-18-51-16-14-43-39(47)29-8-11-32(40(48)49)35(26-29)38-33-12-9-30(45(4)5)27-36(33)56-37-28-31(46(6)7)10-13-34(37)38/h8-13,26-28H,14-25H2,1-7H3,(H2-,43,44,47,48,49,50)/p+1. The van der Waals surface area contributed by atoms with Gasteiger partial charge in [0.2, 0.25) is 5.36 Å². The fourth-order valence-corrected chi connectivity index (χ4v) is 5.65. The van der Waals surface area contributed by atoms with Crippen LogP contribution in [0.2, 0.25) is 0 Å². The van der Waals surface area contributed by atoms with Crippen molar-refractivity contribution < 1.29 is 52.3 Å². The summed E-state index contributed by atoms with van der Waals surface area (Å²) in [6, 6.07) is 16.2. The second-order valence-corrected chi connectivity index (χ2v) is 14.4. The Kier molecular flexibility index (Phi) is 17.3. The molecule has 57 heavy (non-hydrogen) atoms. The number of ether oxygens (including phenoxy) is 6. The Morgan fingerprint density at radius 1 is 0.719 bits per heavy atom. The number of rotatable bonds is 22. The summed E-state index contributed by atoms with van der Waals surface area (Å²) in [5.41, 5.74) is 3.17.